The lowest BCUT2D eigenvalue weighted by Crippen LogP contribution is -2.49. The average Bonchev–Trinajstić information content (AvgIpc) is 2.44. The third-order valence-electron chi connectivity index (χ3n) is 4.28. The number of carboxylic acids is 1. The van der Waals surface area contributed by atoms with E-state index in [1.165, 1.54) is 24.3 Å². The van der Waals surface area contributed by atoms with Gasteiger partial charge in [-0.2, -0.15) is 0 Å². The Balaban J connectivity index is 1.93. The lowest BCUT2D eigenvalue weighted by atomic mass is 9.66. The van der Waals surface area contributed by atoms with Gasteiger partial charge in [0.1, 0.15) is 11.6 Å². The summed E-state index contributed by atoms with van der Waals surface area (Å²) < 4.78 is 18.1. The first-order valence-electron chi connectivity index (χ1n) is 7.40. The molecule has 0 radical (unpaired) electrons. The fourth-order valence-electron chi connectivity index (χ4n) is 2.57. The monoisotopic (exact) mass is 309 g/mol. The molecule has 0 aliphatic heterocycles. The van der Waals surface area contributed by atoms with E-state index in [0.29, 0.717) is 0 Å². The number of hydrogen-bond acceptors (Lipinski definition) is 3. The van der Waals surface area contributed by atoms with Crippen molar-refractivity contribution in [2.75, 3.05) is 6.54 Å². The van der Waals surface area contributed by atoms with Gasteiger partial charge in [0.2, 0.25) is 12.0 Å². The molecule has 1 saturated carbocycles. The molecule has 5 nitrogen and oxygen atoms in total. The van der Waals surface area contributed by atoms with Crippen LogP contribution in [-0.4, -0.2) is 29.6 Å². The average molecular weight is 309 g/mol. The summed E-state index contributed by atoms with van der Waals surface area (Å²) in [5.74, 6) is -1.47. The zero-order valence-corrected chi connectivity index (χ0v) is 12.5. The van der Waals surface area contributed by atoms with E-state index in [-0.39, 0.29) is 23.6 Å². The molecule has 120 valence electrons. The number of amides is 1. The molecule has 1 unspecified atom stereocenters. The number of ether oxygens (including phenoxy) is 1. The highest BCUT2D eigenvalue weighted by Gasteiger charge is 2.42. The Morgan fingerprint density at radius 3 is 2.45 bits per heavy atom. The second-order valence-corrected chi connectivity index (χ2v) is 5.60. The Morgan fingerprint density at radius 1 is 1.36 bits per heavy atom. The van der Waals surface area contributed by atoms with E-state index in [0.717, 1.165) is 25.7 Å². The van der Waals surface area contributed by atoms with Crippen LogP contribution in [0.2, 0.25) is 0 Å². The minimum atomic E-state index is -1.21. The summed E-state index contributed by atoms with van der Waals surface area (Å²) in [7, 11) is 0. The lowest BCUT2D eigenvalue weighted by molar-refractivity contribution is -0.145. The fraction of sp³-hybridized carbons (Fsp3) is 0.500. The van der Waals surface area contributed by atoms with Crippen molar-refractivity contribution in [3.05, 3.63) is 30.1 Å². The number of hydrogen-bond donors (Lipinski definition) is 2. The molecule has 2 N–H and O–H groups in total. The maximum absolute atomic E-state index is 12.8. The van der Waals surface area contributed by atoms with Crippen LogP contribution in [0.1, 0.15) is 32.6 Å². The molecule has 1 fully saturated rings. The van der Waals surface area contributed by atoms with Gasteiger partial charge in [0.15, 0.2) is 0 Å². The SMILES string of the molecule is CCC1(C(=O)NCC(Oc2ccc(F)cc2)C(=O)O)CCC1. The molecule has 1 atom stereocenters. The Bertz CT molecular complexity index is 534. The Morgan fingerprint density at radius 2 is 2.00 bits per heavy atom. The molecule has 0 aromatic heterocycles. The van der Waals surface area contributed by atoms with Crippen molar-refractivity contribution in [3.63, 3.8) is 0 Å². The van der Waals surface area contributed by atoms with Crippen LogP contribution in [0, 0.1) is 11.2 Å². The lowest BCUT2D eigenvalue weighted by Gasteiger charge is -2.39. The minimum Gasteiger partial charge on any atom is -0.478 e. The highest BCUT2D eigenvalue weighted by Crippen LogP contribution is 2.43. The van der Waals surface area contributed by atoms with Crippen molar-refractivity contribution in [1.29, 1.82) is 0 Å². The molecule has 6 heteroatoms. The number of nitrogens with one attached hydrogen (secondary N) is 1. The molecule has 1 aromatic rings. The van der Waals surface area contributed by atoms with E-state index in [9.17, 15) is 19.1 Å². The summed E-state index contributed by atoms with van der Waals surface area (Å²) in [6, 6.07) is 5.08. The van der Waals surface area contributed by atoms with Crippen molar-refractivity contribution in [3.8, 4) is 5.75 Å². The molecule has 1 aliphatic carbocycles. The molecule has 22 heavy (non-hydrogen) atoms. The number of halogens is 1. The number of rotatable bonds is 7. The van der Waals surface area contributed by atoms with Gasteiger partial charge in [-0.25, -0.2) is 9.18 Å². The summed E-state index contributed by atoms with van der Waals surface area (Å²) in [6.45, 7) is 1.84. The Hall–Kier alpha value is -2.11. The zero-order chi connectivity index (χ0) is 16.2. The number of aliphatic carboxylic acids is 1. The second kappa shape index (κ2) is 6.77. The van der Waals surface area contributed by atoms with Crippen LogP contribution >= 0.6 is 0 Å². The zero-order valence-electron chi connectivity index (χ0n) is 12.5. The fourth-order valence-corrected chi connectivity index (χ4v) is 2.57. The van der Waals surface area contributed by atoms with E-state index in [1.54, 1.807) is 0 Å². The molecule has 0 heterocycles. The maximum atomic E-state index is 12.8. The van der Waals surface area contributed by atoms with Gasteiger partial charge in [-0.05, 0) is 43.5 Å². The third kappa shape index (κ3) is 3.55. The number of benzene rings is 1. The molecule has 1 aliphatic rings. The second-order valence-electron chi connectivity index (χ2n) is 5.60. The van der Waals surface area contributed by atoms with Gasteiger partial charge in [0, 0.05) is 5.41 Å². The van der Waals surface area contributed by atoms with Gasteiger partial charge in [-0.3, -0.25) is 4.79 Å². The predicted octanol–water partition coefficient (Wildman–Crippen LogP) is 2.35. The number of carboxylic acid groups (broad SMARTS) is 1. The molecule has 1 amide bonds. The van der Waals surface area contributed by atoms with E-state index in [4.69, 9.17) is 4.74 Å². The number of carbonyl (C=O) groups is 2. The summed E-state index contributed by atoms with van der Waals surface area (Å²) in [5.41, 5.74) is -0.348. The van der Waals surface area contributed by atoms with E-state index < -0.39 is 17.9 Å². The van der Waals surface area contributed by atoms with E-state index in [1.807, 2.05) is 6.92 Å². The molecular weight excluding hydrogens is 289 g/mol. The van der Waals surface area contributed by atoms with Crippen molar-refractivity contribution in [1.82, 2.24) is 5.32 Å². The van der Waals surface area contributed by atoms with Crippen molar-refractivity contribution < 1.29 is 23.8 Å². The molecule has 0 bridgehead atoms. The van der Waals surface area contributed by atoms with Crippen LogP contribution in [0.5, 0.6) is 5.75 Å². The van der Waals surface area contributed by atoms with Crippen LogP contribution in [0.4, 0.5) is 4.39 Å². The first-order chi connectivity index (χ1) is 10.5. The highest BCUT2D eigenvalue weighted by molar-refractivity contribution is 5.84. The van der Waals surface area contributed by atoms with Gasteiger partial charge in [-0.1, -0.05) is 13.3 Å². The van der Waals surface area contributed by atoms with Crippen LogP contribution in [-0.2, 0) is 9.59 Å². The predicted molar refractivity (Wildman–Crippen MR) is 78.0 cm³/mol. The topological polar surface area (TPSA) is 75.6 Å². The van der Waals surface area contributed by atoms with E-state index >= 15 is 0 Å². The molecule has 0 spiro atoms. The summed E-state index contributed by atoms with van der Waals surface area (Å²) >= 11 is 0. The van der Waals surface area contributed by atoms with Gasteiger partial charge in [0.05, 0.1) is 6.54 Å². The highest BCUT2D eigenvalue weighted by atomic mass is 19.1. The largest absolute Gasteiger partial charge is 0.478 e. The summed E-state index contributed by atoms with van der Waals surface area (Å²) in [6.07, 6.45) is 2.24. The van der Waals surface area contributed by atoms with Crippen LogP contribution in [0.3, 0.4) is 0 Å². The van der Waals surface area contributed by atoms with Crippen molar-refractivity contribution in [2.45, 2.75) is 38.7 Å². The van der Waals surface area contributed by atoms with Crippen LogP contribution < -0.4 is 10.1 Å². The normalized spacial score (nSPS) is 17.2. The summed E-state index contributed by atoms with van der Waals surface area (Å²) in [4.78, 5) is 23.4. The van der Waals surface area contributed by atoms with Gasteiger partial charge >= 0.3 is 5.97 Å². The maximum Gasteiger partial charge on any atom is 0.346 e. The van der Waals surface area contributed by atoms with Crippen molar-refractivity contribution in [2.24, 2.45) is 5.41 Å². The quantitative estimate of drug-likeness (QED) is 0.810. The third-order valence-corrected chi connectivity index (χ3v) is 4.28. The number of carbonyl (C=O) groups excluding carboxylic acids is 1. The summed E-state index contributed by atoms with van der Waals surface area (Å²) in [5, 5.41) is 11.9. The molecule has 0 saturated heterocycles. The van der Waals surface area contributed by atoms with E-state index in [2.05, 4.69) is 5.32 Å². The Labute approximate surface area is 128 Å². The van der Waals surface area contributed by atoms with Gasteiger partial charge in [-0.15, -0.1) is 0 Å². The standard InChI is InChI=1S/C16H20FNO4/c1-2-16(8-3-9-16)15(21)18-10-13(14(19)20)22-12-6-4-11(17)5-7-12/h4-7,13H,2-3,8-10H2,1H3,(H,18,21)(H,19,20). The molecule has 1 aromatic carbocycles. The first kappa shape index (κ1) is 16.3. The minimum absolute atomic E-state index is 0.116. The Kier molecular flexibility index (Phi) is 5.00. The first-order valence-corrected chi connectivity index (χ1v) is 7.40. The van der Waals surface area contributed by atoms with Crippen molar-refractivity contribution >= 4 is 11.9 Å². The van der Waals surface area contributed by atoms with Crippen LogP contribution in [0.25, 0.3) is 0 Å². The van der Waals surface area contributed by atoms with Gasteiger partial charge < -0.3 is 15.2 Å². The smallest absolute Gasteiger partial charge is 0.346 e. The molecule has 2 rings (SSSR count). The van der Waals surface area contributed by atoms with Gasteiger partial charge in [0.25, 0.3) is 0 Å². The van der Waals surface area contributed by atoms with Crippen LogP contribution in [0.15, 0.2) is 24.3 Å². The molecular formula is C16H20FNO4.